The fourth-order valence-electron chi connectivity index (χ4n) is 3.55. The maximum atomic E-state index is 11.5. The number of hydrogen-bond donors (Lipinski definition) is 1. The van der Waals surface area contributed by atoms with E-state index in [1.165, 1.54) is 13.3 Å². The Bertz CT molecular complexity index is 308. The Morgan fingerprint density at radius 2 is 2.06 bits per heavy atom. The van der Waals surface area contributed by atoms with Gasteiger partial charge in [0.15, 0.2) is 0 Å². The van der Waals surface area contributed by atoms with Gasteiger partial charge in [0.05, 0.1) is 0 Å². The number of carbonyl (C=O) groups excluding carboxylic acids is 1. The third kappa shape index (κ3) is 1.41. The highest BCUT2D eigenvalue weighted by molar-refractivity contribution is 5.74. The largest absolute Gasteiger partial charge is 0.460 e. The number of hydrogen-bond acceptors (Lipinski definition) is 3. The minimum absolute atomic E-state index is 0.0108. The standard InChI is InChI=1S/C13H22O3/c1-8(14)11(15)16-10-7-9-5-6-13(10,4)12(9,2)3/h8-10,14H,5-7H2,1-4H3. The van der Waals surface area contributed by atoms with E-state index in [2.05, 4.69) is 20.8 Å². The second-order valence-electron chi connectivity index (χ2n) is 6.21. The average molecular weight is 226 g/mol. The summed E-state index contributed by atoms with van der Waals surface area (Å²) in [6.07, 6.45) is 2.31. The SMILES string of the molecule is CC(O)C(=O)OC1CC2CCC1(C)C2(C)C. The molecule has 2 aliphatic carbocycles. The van der Waals surface area contributed by atoms with Crippen molar-refractivity contribution in [3.8, 4) is 0 Å². The highest BCUT2D eigenvalue weighted by atomic mass is 16.6. The summed E-state index contributed by atoms with van der Waals surface area (Å²) in [5.41, 5.74) is 0.332. The van der Waals surface area contributed by atoms with E-state index in [9.17, 15) is 9.90 Å². The maximum Gasteiger partial charge on any atom is 0.334 e. The molecule has 1 N–H and O–H groups in total. The molecule has 0 aromatic carbocycles. The number of aliphatic hydroxyl groups is 1. The maximum absolute atomic E-state index is 11.5. The van der Waals surface area contributed by atoms with E-state index in [-0.39, 0.29) is 16.9 Å². The number of aliphatic hydroxyl groups excluding tert-OH is 1. The van der Waals surface area contributed by atoms with Gasteiger partial charge in [0.25, 0.3) is 0 Å². The van der Waals surface area contributed by atoms with Gasteiger partial charge in [-0.2, -0.15) is 0 Å². The van der Waals surface area contributed by atoms with E-state index in [1.54, 1.807) is 0 Å². The normalized spacial score (nSPS) is 42.1. The van der Waals surface area contributed by atoms with E-state index >= 15 is 0 Å². The Morgan fingerprint density at radius 3 is 2.44 bits per heavy atom. The van der Waals surface area contributed by atoms with Crippen molar-refractivity contribution in [2.24, 2.45) is 16.7 Å². The molecule has 0 saturated heterocycles. The second-order valence-corrected chi connectivity index (χ2v) is 6.21. The van der Waals surface area contributed by atoms with E-state index < -0.39 is 12.1 Å². The molecule has 92 valence electrons. The first-order valence-electron chi connectivity index (χ1n) is 6.17. The molecule has 0 aromatic heterocycles. The van der Waals surface area contributed by atoms with Crippen molar-refractivity contribution in [1.82, 2.24) is 0 Å². The van der Waals surface area contributed by atoms with Crippen LogP contribution in [0.5, 0.6) is 0 Å². The molecule has 3 nitrogen and oxygen atoms in total. The second kappa shape index (κ2) is 3.46. The molecule has 2 aliphatic rings. The molecule has 2 rings (SSSR count). The molecule has 4 unspecified atom stereocenters. The fraction of sp³-hybridized carbons (Fsp3) is 0.923. The average Bonchev–Trinajstić information content (AvgIpc) is 2.50. The van der Waals surface area contributed by atoms with E-state index in [0.717, 1.165) is 12.8 Å². The Balaban J connectivity index is 2.13. The Hall–Kier alpha value is -0.570. The first-order chi connectivity index (χ1) is 7.29. The van der Waals surface area contributed by atoms with Crippen molar-refractivity contribution in [1.29, 1.82) is 0 Å². The predicted molar refractivity (Wildman–Crippen MR) is 60.8 cm³/mol. The number of fused-ring (bicyclic) bond motifs is 2. The van der Waals surface area contributed by atoms with E-state index in [4.69, 9.17) is 4.74 Å². The molecule has 2 saturated carbocycles. The fourth-order valence-corrected chi connectivity index (χ4v) is 3.55. The number of carbonyl (C=O) groups is 1. The van der Waals surface area contributed by atoms with E-state index in [0.29, 0.717) is 5.92 Å². The summed E-state index contributed by atoms with van der Waals surface area (Å²) in [5.74, 6) is 0.180. The summed E-state index contributed by atoms with van der Waals surface area (Å²) >= 11 is 0. The van der Waals surface area contributed by atoms with Crippen molar-refractivity contribution in [2.75, 3.05) is 0 Å². The lowest BCUT2D eigenvalue weighted by atomic mass is 9.70. The molecule has 2 bridgehead atoms. The summed E-state index contributed by atoms with van der Waals surface area (Å²) in [4.78, 5) is 11.5. The zero-order valence-corrected chi connectivity index (χ0v) is 10.6. The minimum Gasteiger partial charge on any atom is -0.460 e. The first-order valence-corrected chi connectivity index (χ1v) is 6.17. The molecular weight excluding hydrogens is 204 g/mol. The van der Waals surface area contributed by atoms with Gasteiger partial charge in [0, 0.05) is 5.41 Å². The lowest BCUT2D eigenvalue weighted by Gasteiger charge is -2.38. The molecule has 0 spiro atoms. The van der Waals surface area contributed by atoms with Crippen LogP contribution in [0.15, 0.2) is 0 Å². The van der Waals surface area contributed by atoms with Gasteiger partial charge in [-0.1, -0.05) is 20.8 Å². The molecule has 4 atom stereocenters. The van der Waals surface area contributed by atoms with Gasteiger partial charge in [0.2, 0.25) is 0 Å². The Morgan fingerprint density at radius 1 is 1.44 bits per heavy atom. The monoisotopic (exact) mass is 226 g/mol. The van der Waals surface area contributed by atoms with Gasteiger partial charge in [-0.05, 0) is 37.5 Å². The zero-order valence-electron chi connectivity index (χ0n) is 10.6. The number of ether oxygens (including phenoxy) is 1. The Kier molecular flexibility index (Phi) is 2.57. The smallest absolute Gasteiger partial charge is 0.334 e. The molecule has 0 heterocycles. The molecular formula is C13H22O3. The van der Waals surface area contributed by atoms with Gasteiger partial charge >= 0.3 is 5.97 Å². The van der Waals surface area contributed by atoms with Crippen LogP contribution in [0.4, 0.5) is 0 Å². The Labute approximate surface area is 97.2 Å². The molecule has 0 aliphatic heterocycles. The number of rotatable bonds is 2. The van der Waals surface area contributed by atoms with Crippen LogP contribution in [0.25, 0.3) is 0 Å². The quantitative estimate of drug-likeness (QED) is 0.734. The van der Waals surface area contributed by atoms with Crippen molar-refractivity contribution >= 4 is 5.97 Å². The summed E-state index contributed by atoms with van der Waals surface area (Å²) < 4.78 is 5.46. The summed E-state index contributed by atoms with van der Waals surface area (Å²) in [7, 11) is 0. The van der Waals surface area contributed by atoms with Crippen molar-refractivity contribution in [3.05, 3.63) is 0 Å². The lowest BCUT2D eigenvalue weighted by molar-refractivity contribution is -0.165. The molecule has 0 radical (unpaired) electrons. The first kappa shape index (κ1) is 11.9. The van der Waals surface area contributed by atoms with Crippen LogP contribution in [0.1, 0.15) is 47.0 Å². The zero-order chi connectivity index (χ0) is 12.1. The third-order valence-electron chi connectivity index (χ3n) is 5.31. The topological polar surface area (TPSA) is 46.5 Å². The summed E-state index contributed by atoms with van der Waals surface area (Å²) in [6.45, 7) is 8.24. The summed E-state index contributed by atoms with van der Waals surface area (Å²) in [5, 5.41) is 9.19. The molecule has 0 aromatic rings. The van der Waals surface area contributed by atoms with Crippen molar-refractivity contribution < 1.29 is 14.6 Å². The van der Waals surface area contributed by atoms with Gasteiger partial charge < -0.3 is 9.84 Å². The van der Waals surface area contributed by atoms with E-state index in [1.807, 2.05) is 0 Å². The van der Waals surface area contributed by atoms with Crippen LogP contribution < -0.4 is 0 Å². The minimum atomic E-state index is -1.01. The molecule has 2 fully saturated rings. The van der Waals surface area contributed by atoms with Gasteiger partial charge in [-0.25, -0.2) is 4.79 Å². The van der Waals surface area contributed by atoms with Crippen molar-refractivity contribution in [3.63, 3.8) is 0 Å². The van der Waals surface area contributed by atoms with Gasteiger partial charge in [-0.3, -0.25) is 0 Å². The molecule has 0 amide bonds. The molecule has 3 heteroatoms. The highest BCUT2D eigenvalue weighted by Gasteiger charge is 2.62. The predicted octanol–water partition coefficient (Wildman–Crippen LogP) is 2.13. The highest BCUT2D eigenvalue weighted by Crippen LogP contribution is 2.66. The summed E-state index contributed by atoms with van der Waals surface area (Å²) in [6, 6.07) is 0. The van der Waals surface area contributed by atoms with Crippen LogP contribution in [0.3, 0.4) is 0 Å². The van der Waals surface area contributed by atoms with Crippen LogP contribution in [-0.2, 0) is 9.53 Å². The van der Waals surface area contributed by atoms with Crippen LogP contribution in [-0.4, -0.2) is 23.3 Å². The third-order valence-corrected chi connectivity index (χ3v) is 5.31. The van der Waals surface area contributed by atoms with Crippen LogP contribution in [0, 0.1) is 16.7 Å². The van der Waals surface area contributed by atoms with Crippen molar-refractivity contribution in [2.45, 2.75) is 59.2 Å². The van der Waals surface area contributed by atoms with Crippen LogP contribution >= 0.6 is 0 Å². The number of esters is 1. The lowest BCUT2D eigenvalue weighted by Crippen LogP contribution is -2.39. The molecule has 16 heavy (non-hydrogen) atoms. The van der Waals surface area contributed by atoms with Gasteiger partial charge in [-0.15, -0.1) is 0 Å². The van der Waals surface area contributed by atoms with Gasteiger partial charge in [0.1, 0.15) is 12.2 Å². The van der Waals surface area contributed by atoms with Crippen LogP contribution in [0.2, 0.25) is 0 Å².